The quantitative estimate of drug-likeness (QED) is 0.131. The highest BCUT2D eigenvalue weighted by molar-refractivity contribution is 7.85. The molecule has 0 N–H and O–H groups in total. The van der Waals surface area contributed by atoms with Crippen LogP contribution in [0.1, 0.15) is 13.3 Å². The summed E-state index contributed by atoms with van der Waals surface area (Å²) in [6.07, 6.45) is 22.9. The molecule has 4 heterocycles. The summed E-state index contributed by atoms with van der Waals surface area (Å²) in [5, 5.41) is 8.27. The zero-order valence-electron chi connectivity index (χ0n) is 36.1. The molecule has 4 aromatic heterocycles. The first-order chi connectivity index (χ1) is 32.5. The van der Waals surface area contributed by atoms with Crippen molar-refractivity contribution >= 4 is 83.2 Å². The third-order valence-corrected chi connectivity index (χ3v) is 16.8. The minimum Gasteiger partial charge on any atom is -0.307 e. The fourth-order valence-corrected chi connectivity index (χ4v) is 13.1. The Hall–Kier alpha value is -7.98. The van der Waals surface area contributed by atoms with Crippen LogP contribution in [0.25, 0.3) is 71.2 Å². The Bertz CT molecular complexity index is 3990. The highest BCUT2D eigenvalue weighted by Gasteiger charge is 2.34. The maximum Gasteiger partial charge on any atom is 0.188 e. The second kappa shape index (κ2) is 15.1. The molecular weight excluding hydrogens is 824 g/mol. The van der Waals surface area contributed by atoms with Gasteiger partial charge in [-0.25, -0.2) is 4.98 Å². The Labute approximate surface area is 381 Å². The average molecular weight is 865 g/mol. The van der Waals surface area contributed by atoms with Crippen LogP contribution in [-0.4, -0.2) is 19.4 Å². The number of hydrogen-bond acceptors (Lipinski definition) is 4. The molecule has 0 aliphatic heterocycles. The van der Waals surface area contributed by atoms with Gasteiger partial charge in [0.25, 0.3) is 0 Å². The summed E-state index contributed by atoms with van der Waals surface area (Å²) < 4.78 is 17.5. The van der Waals surface area contributed by atoms with Crippen LogP contribution in [0.2, 0.25) is 0 Å². The van der Waals surface area contributed by atoms with E-state index in [1.54, 1.807) is 11.8 Å². The number of imidazole rings is 1. The van der Waals surface area contributed by atoms with E-state index in [0.717, 1.165) is 72.1 Å². The van der Waals surface area contributed by atoms with Gasteiger partial charge in [-0.1, -0.05) is 164 Å². The van der Waals surface area contributed by atoms with E-state index in [0.29, 0.717) is 16.7 Å². The first kappa shape index (κ1) is 38.5. The van der Waals surface area contributed by atoms with Crippen LogP contribution < -0.4 is 16.0 Å². The van der Waals surface area contributed by atoms with Gasteiger partial charge in [-0.3, -0.25) is 14.4 Å². The highest BCUT2D eigenvalue weighted by Crippen LogP contribution is 2.48. The standard InChI is InChI=1S/C43H27N4OP.C17H14/c48-49(32-10-2-1-3-11-32,33-20-16-28-9-8-24-44-39(28)26-33)41-23-19-31(27-45-41)29-17-21-34-30(25-29)18-22-36-35-12-4-5-13-37(35)43-46-38-14-6-7-15-40(38)47(43)42(34)36;1-11-5-6-14-8-7-12-3-2-4-13-9-10-15(11)17(14)16(12)13/h1-27H;2-3,5-10,17H,4H2,1H3. The van der Waals surface area contributed by atoms with E-state index >= 15 is 4.57 Å². The Kier molecular flexibility index (Phi) is 8.78. The second-order valence-electron chi connectivity index (χ2n) is 17.5. The van der Waals surface area contributed by atoms with Crippen molar-refractivity contribution in [3.63, 3.8) is 0 Å². The lowest BCUT2D eigenvalue weighted by molar-refractivity contribution is 0.592. The van der Waals surface area contributed by atoms with Gasteiger partial charge < -0.3 is 4.57 Å². The number of aromatic nitrogens is 4. The first-order valence-corrected chi connectivity index (χ1v) is 24.2. The number of pyridine rings is 3. The van der Waals surface area contributed by atoms with E-state index in [1.807, 2.05) is 85.1 Å². The summed E-state index contributed by atoms with van der Waals surface area (Å²) >= 11 is 0. The summed E-state index contributed by atoms with van der Waals surface area (Å²) in [6, 6.07) is 51.3. The maximum absolute atomic E-state index is 15.2. The molecule has 6 aromatic carbocycles. The Balaban J connectivity index is 0.000000213. The lowest BCUT2D eigenvalue weighted by Gasteiger charge is -2.36. The van der Waals surface area contributed by atoms with Crippen molar-refractivity contribution in [3.05, 3.63) is 246 Å². The highest BCUT2D eigenvalue weighted by atomic mass is 31.2. The summed E-state index contributed by atoms with van der Waals surface area (Å²) in [6.45, 7) is 2.22. The number of nitrogens with zero attached hydrogens (tertiary/aromatic N) is 4. The maximum atomic E-state index is 15.2. The Morgan fingerprint density at radius 2 is 1.42 bits per heavy atom. The van der Waals surface area contributed by atoms with Crippen molar-refractivity contribution < 1.29 is 4.57 Å². The van der Waals surface area contributed by atoms with Gasteiger partial charge in [0.05, 0.1) is 22.1 Å². The number of rotatable bonds is 4. The molecule has 0 spiro atoms. The average Bonchev–Trinajstić information content (AvgIpc) is 3.78. The van der Waals surface area contributed by atoms with Crippen molar-refractivity contribution in [2.45, 2.75) is 13.3 Å². The van der Waals surface area contributed by atoms with Crippen LogP contribution in [0, 0.1) is 5.92 Å². The van der Waals surface area contributed by atoms with Gasteiger partial charge in [-0.2, -0.15) is 0 Å². The fraction of sp³-hybridized carbons (Fsp3) is 0.0500. The first-order valence-electron chi connectivity index (χ1n) is 22.5. The molecule has 14 rings (SSSR count). The van der Waals surface area contributed by atoms with Crippen LogP contribution in [0.15, 0.2) is 246 Å². The number of benzene rings is 6. The van der Waals surface area contributed by atoms with E-state index in [4.69, 9.17) is 9.97 Å². The van der Waals surface area contributed by atoms with Crippen molar-refractivity contribution in [1.29, 1.82) is 0 Å². The summed E-state index contributed by atoms with van der Waals surface area (Å²) in [7, 11) is -3.28. The molecule has 0 saturated heterocycles. The van der Waals surface area contributed by atoms with Gasteiger partial charge in [-0.15, -0.1) is 0 Å². The molecule has 0 radical (unpaired) electrons. The normalized spacial score (nSPS) is 17.0. The zero-order valence-corrected chi connectivity index (χ0v) is 37.0. The molecule has 66 heavy (non-hydrogen) atoms. The zero-order chi connectivity index (χ0) is 43.9. The minimum absolute atomic E-state index is 0.505. The van der Waals surface area contributed by atoms with Gasteiger partial charge in [-0.05, 0) is 99.5 Å². The lowest BCUT2D eigenvalue weighted by Crippen LogP contribution is -2.27. The molecule has 2 unspecified atom stereocenters. The predicted octanol–water partition coefficient (Wildman–Crippen LogP) is 13.4. The van der Waals surface area contributed by atoms with Gasteiger partial charge in [0.15, 0.2) is 7.14 Å². The van der Waals surface area contributed by atoms with E-state index in [2.05, 4.69) is 138 Å². The van der Waals surface area contributed by atoms with Crippen molar-refractivity contribution in [2.24, 2.45) is 5.92 Å². The molecule has 2 atom stereocenters. The molecule has 6 heteroatoms. The molecule has 4 aliphatic carbocycles. The Morgan fingerprint density at radius 3 is 2.32 bits per heavy atom. The topological polar surface area (TPSA) is 60.2 Å². The molecule has 312 valence electrons. The largest absolute Gasteiger partial charge is 0.307 e. The summed E-state index contributed by atoms with van der Waals surface area (Å²) in [5.74, 6) is 0.505. The second-order valence-corrected chi connectivity index (χ2v) is 20.2. The Morgan fingerprint density at radius 1 is 0.606 bits per heavy atom. The van der Waals surface area contributed by atoms with Crippen molar-refractivity contribution in [1.82, 2.24) is 19.4 Å². The molecule has 0 bridgehead atoms. The van der Waals surface area contributed by atoms with Crippen molar-refractivity contribution in [2.75, 3.05) is 0 Å². The van der Waals surface area contributed by atoms with Crippen LogP contribution in [-0.2, 0) is 4.57 Å². The molecular formula is C60H41N4OP. The molecule has 5 nitrogen and oxygen atoms in total. The fourth-order valence-electron chi connectivity index (χ4n) is 10.6. The van der Waals surface area contributed by atoms with Gasteiger partial charge in [0.1, 0.15) is 11.1 Å². The van der Waals surface area contributed by atoms with Gasteiger partial charge >= 0.3 is 0 Å². The molecule has 0 amide bonds. The minimum atomic E-state index is -3.28. The van der Waals surface area contributed by atoms with E-state index < -0.39 is 7.14 Å². The SMILES string of the molecule is CC1=CC=C2C=CC3=C4C(=CC=C1C24)CC=C3.O=P(c1ccccc1)(c1ccc2cccnc2c1)c1ccc(-c2ccc3c(ccc4c5ccccc5c5nc6ccccc6n5c34)c2)cn1. The number of hydrogen-bond donors (Lipinski definition) is 0. The van der Waals surface area contributed by atoms with E-state index in [9.17, 15) is 0 Å². The predicted molar refractivity (Wildman–Crippen MR) is 275 cm³/mol. The lowest BCUT2D eigenvalue weighted by atomic mass is 9.67. The molecule has 0 fully saturated rings. The van der Waals surface area contributed by atoms with Crippen LogP contribution in [0.3, 0.4) is 0 Å². The van der Waals surface area contributed by atoms with Crippen molar-refractivity contribution in [3.8, 4) is 11.1 Å². The molecule has 0 saturated carbocycles. The number of allylic oxidation sites excluding steroid dienone is 14. The van der Waals surface area contributed by atoms with Gasteiger partial charge in [0.2, 0.25) is 0 Å². The monoisotopic (exact) mass is 864 g/mol. The third-order valence-electron chi connectivity index (χ3n) is 13.8. The van der Waals surface area contributed by atoms with Crippen LogP contribution >= 0.6 is 7.14 Å². The molecule has 4 aliphatic rings. The van der Waals surface area contributed by atoms with E-state index in [1.165, 1.54) is 38.6 Å². The smallest absolute Gasteiger partial charge is 0.188 e. The number of fused-ring (bicyclic) bond motifs is 11. The number of para-hydroxylation sites is 2. The van der Waals surface area contributed by atoms with E-state index in [-0.39, 0.29) is 0 Å². The summed E-state index contributed by atoms with van der Waals surface area (Å²) in [5.41, 5.74) is 16.3. The molecule has 10 aromatic rings. The van der Waals surface area contributed by atoms with Gasteiger partial charge in [0, 0.05) is 56.0 Å². The third kappa shape index (κ3) is 5.94. The van der Waals surface area contributed by atoms with Crippen LogP contribution in [0.4, 0.5) is 0 Å². The van der Waals surface area contributed by atoms with Crippen LogP contribution in [0.5, 0.6) is 0 Å². The summed E-state index contributed by atoms with van der Waals surface area (Å²) in [4.78, 5) is 14.5.